The van der Waals surface area contributed by atoms with Crippen LogP contribution in [0.25, 0.3) is 11.4 Å². The number of halogens is 3. The van der Waals surface area contributed by atoms with E-state index < -0.39 is 31.1 Å². The fourth-order valence-electron chi connectivity index (χ4n) is 2.10. The van der Waals surface area contributed by atoms with E-state index in [0.29, 0.717) is 16.3 Å². The van der Waals surface area contributed by atoms with E-state index in [1.165, 1.54) is 31.2 Å². The van der Waals surface area contributed by atoms with Crippen molar-refractivity contribution in [1.82, 2.24) is 24.3 Å². The number of carbonyl (C=O) groups excluding carboxylic acids is 2. The van der Waals surface area contributed by atoms with Crippen molar-refractivity contribution >= 4 is 11.8 Å². The van der Waals surface area contributed by atoms with Gasteiger partial charge in [0.1, 0.15) is 25.3 Å². The van der Waals surface area contributed by atoms with Crippen LogP contribution < -0.4 is 0 Å². The number of hydrogen-bond acceptors (Lipinski definition) is 4. The van der Waals surface area contributed by atoms with Crippen LogP contribution in [0.1, 0.15) is 0 Å². The molecular formula is C16H18F3N5O2. The highest BCUT2D eigenvalue weighted by atomic mass is 19.4. The van der Waals surface area contributed by atoms with E-state index in [2.05, 4.69) is 9.97 Å². The number of hydrogen-bond donors (Lipinski definition) is 0. The lowest BCUT2D eigenvalue weighted by Crippen LogP contribution is -2.45. The van der Waals surface area contributed by atoms with E-state index in [4.69, 9.17) is 0 Å². The first-order chi connectivity index (χ1) is 12.2. The van der Waals surface area contributed by atoms with Crippen molar-refractivity contribution in [3.8, 4) is 11.4 Å². The number of amides is 2. The molecule has 0 aliphatic rings. The van der Waals surface area contributed by atoms with E-state index in [0.717, 1.165) is 4.90 Å². The minimum Gasteiger partial charge on any atom is -0.347 e. The Kier molecular flexibility index (Phi) is 5.96. The van der Waals surface area contributed by atoms with Gasteiger partial charge in [0.15, 0.2) is 0 Å². The number of rotatable bonds is 6. The molecule has 0 saturated heterocycles. The van der Waals surface area contributed by atoms with Gasteiger partial charge in [0.2, 0.25) is 11.8 Å². The Morgan fingerprint density at radius 2 is 1.85 bits per heavy atom. The Labute approximate surface area is 148 Å². The molecular weight excluding hydrogens is 351 g/mol. The van der Waals surface area contributed by atoms with Gasteiger partial charge in [-0.05, 0) is 12.1 Å². The van der Waals surface area contributed by atoms with Gasteiger partial charge in [-0.1, -0.05) is 6.07 Å². The lowest BCUT2D eigenvalue weighted by molar-refractivity contribution is -0.164. The maximum absolute atomic E-state index is 12.7. The summed E-state index contributed by atoms with van der Waals surface area (Å²) in [5, 5.41) is 0. The number of imidazole rings is 1. The lowest BCUT2D eigenvalue weighted by atomic mass is 10.3. The average molecular weight is 369 g/mol. The second-order valence-electron chi connectivity index (χ2n) is 5.80. The van der Waals surface area contributed by atoms with Crippen LogP contribution >= 0.6 is 0 Å². The van der Waals surface area contributed by atoms with Crippen LogP contribution in [0.15, 0.2) is 36.9 Å². The van der Waals surface area contributed by atoms with Crippen molar-refractivity contribution in [3.05, 3.63) is 36.9 Å². The van der Waals surface area contributed by atoms with Crippen molar-refractivity contribution in [1.29, 1.82) is 0 Å². The number of aromatic nitrogens is 3. The molecule has 0 aliphatic carbocycles. The molecule has 0 radical (unpaired) electrons. The molecule has 0 spiro atoms. The summed E-state index contributed by atoms with van der Waals surface area (Å²) in [5.74, 6) is -1.43. The predicted molar refractivity (Wildman–Crippen MR) is 86.8 cm³/mol. The second-order valence-corrected chi connectivity index (χ2v) is 5.80. The highest BCUT2D eigenvalue weighted by Gasteiger charge is 2.34. The minimum atomic E-state index is -4.60. The van der Waals surface area contributed by atoms with Crippen molar-refractivity contribution in [2.45, 2.75) is 12.7 Å². The Balaban J connectivity index is 2.11. The van der Waals surface area contributed by atoms with E-state index >= 15 is 0 Å². The molecule has 7 nitrogen and oxygen atoms in total. The van der Waals surface area contributed by atoms with E-state index in [9.17, 15) is 22.8 Å². The van der Waals surface area contributed by atoms with Crippen LogP contribution in [0.4, 0.5) is 13.2 Å². The molecule has 0 unspecified atom stereocenters. The fourth-order valence-corrected chi connectivity index (χ4v) is 2.10. The Morgan fingerprint density at radius 3 is 2.42 bits per heavy atom. The summed E-state index contributed by atoms with van der Waals surface area (Å²) >= 11 is 0. The smallest absolute Gasteiger partial charge is 0.347 e. The van der Waals surface area contributed by atoms with Gasteiger partial charge in [-0.2, -0.15) is 13.2 Å². The van der Waals surface area contributed by atoms with Crippen molar-refractivity contribution in [2.75, 3.05) is 27.2 Å². The first-order valence-electron chi connectivity index (χ1n) is 7.63. The summed E-state index contributed by atoms with van der Waals surface area (Å²) in [6.45, 7) is -2.50. The molecule has 0 aromatic carbocycles. The van der Waals surface area contributed by atoms with Crippen LogP contribution in [0, 0.1) is 0 Å². The van der Waals surface area contributed by atoms with E-state index in [-0.39, 0.29) is 6.54 Å². The molecule has 2 rings (SSSR count). The summed E-state index contributed by atoms with van der Waals surface area (Å²) in [6.07, 6.45) is -0.172. The van der Waals surface area contributed by atoms with Gasteiger partial charge in [0.05, 0.1) is 12.0 Å². The fraction of sp³-hybridized carbons (Fsp3) is 0.375. The van der Waals surface area contributed by atoms with Crippen LogP contribution in [0.5, 0.6) is 0 Å². The van der Waals surface area contributed by atoms with Crippen LogP contribution in [-0.4, -0.2) is 69.5 Å². The highest BCUT2D eigenvalue weighted by molar-refractivity contribution is 5.84. The molecule has 2 amide bonds. The molecule has 0 fully saturated rings. The molecule has 2 aromatic heterocycles. The second kappa shape index (κ2) is 7.98. The molecule has 10 heteroatoms. The SMILES string of the molecule is CN(C)C(=O)CN(CC(F)(F)F)C(=O)Cn1cnc(-c2ccccn2)c1. The van der Waals surface area contributed by atoms with Crippen molar-refractivity contribution < 1.29 is 22.8 Å². The number of carbonyl (C=O) groups is 2. The molecule has 0 N–H and O–H groups in total. The van der Waals surface area contributed by atoms with Gasteiger partial charge in [-0.25, -0.2) is 4.98 Å². The van der Waals surface area contributed by atoms with E-state index in [1.54, 1.807) is 24.4 Å². The number of alkyl halides is 3. The highest BCUT2D eigenvalue weighted by Crippen LogP contribution is 2.17. The normalized spacial score (nSPS) is 11.3. The number of pyridine rings is 1. The largest absolute Gasteiger partial charge is 0.406 e. The third-order valence-electron chi connectivity index (χ3n) is 3.43. The third-order valence-corrected chi connectivity index (χ3v) is 3.43. The predicted octanol–water partition coefficient (Wildman–Crippen LogP) is 1.42. The van der Waals surface area contributed by atoms with Gasteiger partial charge in [0.25, 0.3) is 0 Å². The summed E-state index contributed by atoms with van der Waals surface area (Å²) < 4.78 is 39.6. The summed E-state index contributed by atoms with van der Waals surface area (Å²) in [4.78, 5) is 33.8. The zero-order chi connectivity index (χ0) is 19.3. The molecule has 0 bridgehead atoms. The van der Waals surface area contributed by atoms with Gasteiger partial charge in [-0.3, -0.25) is 14.6 Å². The number of nitrogens with zero attached hydrogens (tertiary/aromatic N) is 5. The Morgan fingerprint density at radius 1 is 1.12 bits per heavy atom. The van der Waals surface area contributed by atoms with Crippen molar-refractivity contribution in [3.63, 3.8) is 0 Å². The molecule has 26 heavy (non-hydrogen) atoms. The molecule has 0 saturated carbocycles. The van der Waals surface area contributed by atoms with Crippen LogP contribution in [0.3, 0.4) is 0 Å². The van der Waals surface area contributed by atoms with Gasteiger partial charge >= 0.3 is 6.18 Å². The zero-order valence-electron chi connectivity index (χ0n) is 14.3. The van der Waals surface area contributed by atoms with Crippen LogP contribution in [0.2, 0.25) is 0 Å². The monoisotopic (exact) mass is 369 g/mol. The van der Waals surface area contributed by atoms with Gasteiger partial charge in [0, 0.05) is 26.5 Å². The van der Waals surface area contributed by atoms with Crippen molar-refractivity contribution in [2.24, 2.45) is 0 Å². The standard InChI is InChI=1S/C16H18F3N5O2/c1-22(2)14(25)9-24(10-16(17,18)19)15(26)8-23-7-13(21-11-23)12-5-3-4-6-20-12/h3-7,11H,8-10H2,1-2H3. The average Bonchev–Trinajstić information content (AvgIpc) is 3.02. The lowest BCUT2D eigenvalue weighted by Gasteiger charge is -2.25. The zero-order valence-corrected chi connectivity index (χ0v) is 14.3. The molecule has 0 atom stereocenters. The first-order valence-corrected chi connectivity index (χ1v) is 7.63. The van der Waals surface area contributed by atoms with Crippen LogP contribution in [-0.2, 0) is 16.1 Å². The van der Waals surface area contributed by atoms with Gasteiger partial charge < -0.3 is 14.4 Å². The Hall–Kier alpha value is -2.91. The third kappa shape index (κ3) is 5.57. The molecule has 2 aromatic rings. The Bertz CT molecular complexity index is 759. The summed E-state index contributed by atoms with van der Waals surface area (Å²) in [5.41, 5.74) is 1.07. The quantitative estimate of drug-likeness (QED) is 0.772. The molecule has 0 aliphatic heterocycles. The summed E-state index contributed by atoms with van der Waals surface area (Å²) in [7, 11) is 2.82. The maximum Gasteiger partial charge on any atom is 0.406 e. The molecule has 140 valence electrons. The minimum absolute atomic E-state index is 0.364. The molecule has 2 heterocycles. The van der Waals surface area contributed by atoms with E-state index in [1.807, 2.05) is 0 Å². The van der Waals surface area contributed by atoms with Gasteiger partial charge in [-0.15, -0.1) is 0 Å². The summed E-state index contributed by atoms with van der Waals surface area (Å²) in [6, 6.07) is 5.23. The topological polar surface area (TPSA) is 71.3 Å². The number of likely N-dealkylation sites (N-methyl/N-ethyl adjacent to an activating group) is 1. The maximum atomic E-state index is 12.7. The first kappa shape index (κ1) is 19.4.